The summed E-state index contributed by atoms with van der Waals surface area (Å²) in [5.74, 6) is -2.30. The predicted molar refractivity (Wildman–Crippen MR) is 146 cm³/mol. The zero-order valence-electron chi connectivity index (χ0n) is 19.0. The van der Waals surface area contributed by atoms with Crippen LogP contribution in [0.1, 0.15) is 36.8 Å². The fraction of sp³-hybridized carbons (Fsp3) is 0.0417. The van der Waals surface area contributed by atoms with E-state index in [2.05, 4.69) is 10.1 Å². The number of amides is 2. The van der Waals surface area contributed by atoms with Crippen LogP contribution in [0.3, 0.4) is 0 Å². The average Bonchev–Trinajstić information content (AvgIpc) is 3.52. The molecule has 1 aromatic carbocycles. The number of aromatic carboxylic acids is 1. The van der Waals surface area contributed by atoms with Crippen molar-refractivity contribution in [2.45, 2.75) is 6.92 Å². The first-order chi connectivity index (χ1) is 17.6. The molecule has 0 aliphatic carbocycles. The van der Waals surface area contributed by atoms with E-state index in [0.717, 1.165) is 16.3 Å². The first-order valence-electron chi connectivity index (χ1n) is 10.3. The molecule has 13 heteroatoms. The number of thiophene rings is 2. The maximum absolute atomic E-state index is 12.9. The summed E-state index contributed by atoms with van der Waals surface area (Å²) in [6, 6.07) is 12.7. The Hall–Kier alpha value is -3.77. The Bertz CT molecular complexity index is 1470. The Morgan fingerprint density at radius 1 is 1.08 bits per heavy atom. The van der Waals surface area contributed by atoms with E-state index in [-0.39, 0.29) is 21.2 Å². The fourth-order valence-corrected chi connectivity index (χ4v) is 4.84. The molecule has 0 aliphatic heterocycles. The third-order valence-electron chi connectivity index (χ3n) is 4.52. The Balaban J connectivity index is 0.000000356. The fourth-order valence-electron chi connectivity index (χ4n) is 2.86. The van der Waals surface area contributed by atoms with Gasteiger partial charge in [0.05, 0.1) is 19.8 Å². The van der Waals surface area contributed by atoms with Gasteiger partial charge in [-0.1, -0.05) is 35.3 Å². The minimum absolute atomic E-state index is 0.0369. The van der Waals surface area contributed by atoms with Gasteiger partial charge in [0.25, 0.3) is 11.8 Å². The van der Waals surface area contributed by atoms with Crippen LogP contribution in [0.2, 0.25) is 10.0 Å². The van der Waals surface area contributed by atoms with Gasteiger partial charge in [-0.3, -0.25) is 14.6 Å². The molecular weight excluding hydrogens is 559 g/mol. The highest BCUT2D eigenvalue weighted by atomic mass is 35.5. The molecule has 4 N–H and O–H groups in total. The van der Waals surface area contributed by atoms with E-state index in [1.54, 1.807) is 48.7 Å². The maximum atomic E-state index is 12.9. The molecule has 37 heavy (non-hydrogen) atoms. The smallest absolute Gasteiger partial charge is 0.345 e. The number of benzene rings is 1. The van der Waals surface area contributed by atoms with Crippen molar-refractivity contribution in [2.75, 3.05) is 5.01 Å². The minimum Gasteiger partial charge on any atom is -0.504 e. The van der Waals surface area contributed by atoms with Gasteiger partial charge in [0.1, 0.15) is 16.3 Å². The molecule has 0 saturated heterocycles. The number of primary amides is 1. The lowest BCUT2D eigenvalue weighted by molar-refractivity contribution is 0.0701. The monoisotopic (exact) mass is 576 g/mol. The number of carboxylic acid groups (broad SMARTS) is 1. The largest absolute Gasteiger partial charge is 0.504 e. The van der Waals surface area contributed by atoms with Crippen molar-refractivity contribution >= 4 is 75.6 Å². The van der Waals surface area contributed by atoms with E-state index < -0.39 is 17.8 Å². The molecule has 0 unspecified atom stereocenters. The second-order valence-electron chi connectivity index (χ2n) is 6.97. The first-order valence-corrected chi connectivity index (χ1v) is 12.7. The second kappa shape index (κ2) is 12.5. The number of hydrogen-bond donors (Lipinski definition) is 3. The van der Waals surface area contributed by atoms with Gasteiger partial charge in [0.2, 0.25) is 0 Å². The van der Waals surface area contributed by atoms with Crippen molar-refractivity contribution in [3.05, 3.63) is 85.6 Å². The van der Waals surface area contributed by atoms with Crippen molar-refractivity contribution in [3.63, 3.8) is 0 Å². The number of hydrogen-bond acceptors (Lipinski definition) is 8. The molecule has 0 bridgehead atoms. The van der Waals surface area contributed by atoms with E-state index >= 15 is 0 Å². The lowest BCUT2D eigenvalue weighted by Gasteiger charge is -2.15. The van der Waals surface area contributed by atoms with Crippen LogP contribution in [0, 0.1) is 0 Å². The summed E-state index contributed by atoms with van der Waals surface area (Å²) in [6.45, 7) is 1.63. The van der Waals surface area contributed by atoms with Crippen LogP contribution in [0.4, 0.5) is 5.69 Å². The van der Waals surface area contributed by atoms with E-state index in [1.807, 2.05) is 0 Å². The SMILES string of the molecule is CC=NN(C(=O)c1ccc(C(=O)O)s1)c1csc(-c2ccc(Cl)c(Cl)c2)c1O.NC(=O)c1ccccn1. The quantitative estimate of drug-likeness (QED) is 0.189. The van der Waals surface area contributed by atoms with Crippen molar-refractivity contribution < 1.29 is 24.6 Å². The van der Waals surface area contributed by atoms with Gasteiger partial charge < -0.3 is 15.9 Å². The molecule has 4 aromatic rings. The molecule has 2 amide bonds. The Morgan fingerprint density at radius 2 is 1.81 bits per heavy atom. The van der Waals surface area contributed by atoms with Gasteiger partial charge >= 0.3 is 5.97 Å². The average molecular weight is 577 g/mol. The van der Waals surface area contributed by atoms with Gasteiger partial charge in [0, 0.05) is 17.8 Å². The van der Waals surface area contributed by atoms with Crippen LogP contribution in [-0.2, 0) is 0 Å². The number of halogens is 2. The topological polar surface area (TPSA) is 146 Å². The lowest BCUT2D eigenvalue weighted by Crippen LogP contribution is -2.24. The van der Waals surface area contributed by atoms with Crippen LogP contribution >= 0.6 is 45.9 Å². The zero-order chi connectivity index (χ0) is 27.1. The zero-order valence-corrected chi connectivity index (χ0v) is 22.1. The third-order valence-corrected chi connectivity index (χ3v) is 7.33. The van der Waals surface area contributed by atoms with Gasteiger partial charge in [-0.2, -0.15) is 10.1 Å². The Labute approximate surface area is 229 Å². The second-order valence-corrected chi connectivity index (χ2v) is 9.74. The Morgan fingerprint density at radius 3 is 2.35 bits per heavy atom. The number of nitrogens with zero attached hydrogens (tertiary/aromatic N) is 3. The molecule has 3 aromatic heterocycles. The number of aromatic hydroxyl groups is 1. The highest BCUT2D eigenvalue weighted by Gasteiger charge is 2.25. The number of hydrazone groups is 1. The first kappa shape index (κ1) is 27.8. The lowest BCUT2D eigenvalue weighted by atomic mass is 10.1. The van der Waals surface area contributed by atoms with Crippen molar-refractivity contribution in [1.29, 1.82) is 0 Å². The summed E-state index contributed by atoms with van der Waals surface area (Å²) in [4.78, 5) is 38.7. The number of carbonyl (C=O) groups excluding carboxylic acids is 2. The van der Waals surface area contributed by atoms with E-state index in [4.69, 9.17) is 34.0 Å². The molecule has 0 fully saturated rings. The van der Waals surface area contributed by atoms with E-state index in [1.165, 1.54) is 35.9 Å². The minimum atomic E-state index is -1.12. The summed E-state index contributed by atoms with van der Waals surface area (Å²) in [7, 11) is 0. The molecule has 4 rings (SSSR count). The maximum Gasteiger partial charge on any atom is 0.345 e. The number of carbonyl (C=O) groups is 3. The molecular formula is C24H18Cl2N4O5S2. The number of aromatic nitrogens is 1. The van der Waals surface area contributed by atoms with Crippen molar-refractivity contribution in [1.82, 2.24) is 4.98 Å². The number of carboxylic acids is 1. The summed E-state index contributed by atoms with van der Waals surface area (Å²) in [6.07, 6.45) is 2.93. The molecule has 0 radical (unpaired) electrons. The van der Waals surface area contributed by atoms with Crippen LogP contribution in [0.25, 0.3) is 10.4 Å². The number of pyridine rings is 1. The van der Waals surface area contributed by atoms with Crippen LogP contribution in [0.5, 0.6) is 5.75 Å². The van der Waals surface area contributed by atoms with Gasteiger partial charge in [0.15, 0.2) is 5.75 Å². The molecule has 0 aliphatic rings. The number of rotatable bonds is 6. The molecule has 9 nitrogen and oxygen atoms in total. The van der Waals surface area contributed by atoms with Gasteiger partial charge in [-0.15, -0.1) is 22.7 Å². The van der Waals surface area contributed by atoms with Crippen LogP contribution in [0.15, 0.2) is 65.2 Å². The normalized spacial score (nSPS) is 10.6. The molecule has 0 saturated carbocycles. The molecule has 0 spiro atoms. The van der Waals surface area contributed by atoms with E-state index in [0.29, 0.717) is 26.2 Å². The van der Waals surface area contributed by atoms with Gasteiger partial charge in [-0.25, -0.2) is 4.79 Å². The summed E-state index contributed by atoms with van der Waals surface area (Å²) in [5.41, 5.74) is 6.03. The predicted octanol–water partition coefficient (Wildman–Crippen LogP) is 6.02. The highest BCUT2D eigenvalue weighted by Crippen LogP contribution is 2.45. The molecule has 0 atom stereocenters. The van der Waals surface area contributed by atoms with Crippen molar-refractivity contribution in [2.24, 2.45) is 10.8 Å². The van der Waals surface area contributed by atoms with Gasteiger partial charge in [-0.05, 0) is 48.9 Å². The summed E-state index contributed by atoms with van der Waals surface area (Å²) in [5, 5.41) is 27.1. The summed E-state index contributed by atoms with van der Waals surface area (Å²) >= 11 is 14.0. The highest BCUT2D eigenvalue weighted by molar-refractivity contribution is 7.16. The number of anilines is 1. The van der Waals surface area contributed by atoms with E-state index in [9.17, 15) is 19.5 Å². The Kier molecular flexibility index (Phi) is 9.36. The number of nitrogens with two attached hydrogens (primary N) is 1. The summed E-state index contributed by atoms with van der Waals surface area (Å²) < 4.78 is 0. The third kappa shape index (κ3) is 6.71. The molecule has 190 valence electrons. The van der Waals surface area contributed by atoms with Crippen LogP contribution < -0.4 is 10.7 Å². The standard InChI is InChI=1S/C18H12Cl2N2O4S2.C6H6N2O/c1-2-21-22(17(24)13-5-6-14(28-13)18(25)26)12-8-27-16(15(12)23)9-3-4-10(19)11(20)7-9;7-6(9)5-3-1-2-4-8-5/h2-8,23H,1H3,(H,25,26);1-4H,(H2,7,9). The van der Waals surface area contributed by atoms with Crippen molar-refractivity contribution in [3.8, 4) is 16.2 Å². The molecule has 3 heterocycles. The van der Waals surface area contributed by atoms with Crippen LogP contribution in [-0.4, -0.2) is 39.2 Å².